The van der Waals surface area contributed by atoms with Gasteiger partial charge in [-0.2, -0.15) is 0 Å². The molecule has 5 nitrogen and oxygen atoms in total. The number of carbonyl (C=O) groups excluding carboxylic acids is 1. The van der Waals surface area contributed by atoms with Crippen LogP contribution in [-0.2, 0) is 10.0 Å². The molecule has 0 heterocycles. The Bertz CT molecular complexity index is 1100. The van der Waals surface area contributed by atoms with Crippen molar-refractivity contribution in [2.45, 2.75) is 25.7 Å². The molecule has 0 bridgehead atoms. The first-order valence-corrected chi connectivity index (χ1v) is 10.3. The van der Waals surface area contributed by atoms with Crippen molar-refractivity contribution in [2.24, 2.45) is 0 Å². The third-order valence-corrected chi connectivity index (χ3v) is 5.98. The van der Waals surface area contributed by atoms with Crippen molar-refractivity contribution in [1.82, 2.24) is 0 Å². The van der Waals surface area contributed by atoms with E-state index < -0.39 is 10.0 Å². The lowest BCUT2D eigenvalue weighted by molar-refractivity contribution is 0.102. The second-order valence-corrected chi connectivity index (χ2v) is 8.30. The van der Waals surface area contributed by atoms with Crippen molar-refractivity contribution in [3.05, 3.63) is 89.0 Å². The number of amides is 1. The van der Waals surface area contributed by atoms with Gasteiger partial charge in [0.05, 0.1) is 10.6 Å². The second kappa shape index (κ2) is 7.86. The molecule has 0 aliphatic heterocycles. The highest BCUT2D eigenvalue weighted by Gasteiger charge is 2.18. The van der Waals surface area contributed by atoms with Gasteiger partial charge in [0, 0.05) is 11.3 Å². The van der Waals surface area contributed by atoms with Crippen LogP contribution in [0.1, 0.15) is 27.0 Å². The van der Waals surface area contributed by atoms with E-state index in [-0.39, 0.29) is 10.8 Å². The van der Waals surface area contributed by atoms with E-state index in [1.165, 1.54) is 12.1 Å². The van der Waals surface area contributed by atoms with Gasteiger partial charge in [-0.1, -0.05) is 42.5 Å². The topological polar surface area (TPSA) is 75.3 Å². The quantitative estimate of drug-likeness (QED) is 0.661. The molecular formula is C22H22N2O3S. The molecule has 0 aromatic heterocycles. The molecule has 3 rings (SSSR count). The summed E-state index contributed by atoms with van der Waals surface area (Å²) in [5, 5.41) is 2.94. The average Bonchev–Trinajstić information content (AvgIpc) is 2.67. The van der Waals surface area contributed by atoms with Crippen LogP contribution in [-0.4, -0.2) is 14.3 Å². The van der Waals surface area contributed by atoms with Gasteiger partial charge in [0.15, 0.2) is 0 Å². The molecule has 0 saturated carbocycles. The number of rotatable bonds is 5. The summed E-state index contributed by atoms with van der Waals surface area (Å²) < 4.78 is 27.8. The highest BCUT2D eigenvalue weighted by atomic mass is 32.2. The molecule has 0 fully saturated rings. The molecule has 0 atom stereocenters. The van der Waals surface area contributed by atoms with E-state index in [4.69, 9.17) is 0 Å². The van der Waals surface area contributed by atoms with E-state index in [0.717, 1.165) is 16.8 Å². The molecule has 0 aliphatic rings. The van der Waals surface area contributed by atoms with E-state index in [2.05, 4.69) is 10.0 Å². The van der Waals surface area contributed by atoms with Gasteiger partial charge in [-0.05, 0) is 61.7 Å². The maximum Gasteiger partial charge on any atom is 0.261 e. The van der Waals surface area contributed by atoms with Crippen LogP contribution >= 0.6 is 0 Å². The molecule has 0 aliphatic carbocycles. The van der Waals surface area contributed by atoms with E-state index in [0.29, 0.717) is 16.8 Å². The van der Waals surface area contributed by atoms with Crippen molar-refractivity contribution in [3.8, 4) is 0 Å². The van der Waals surface area contributed by atoms with Crippen LogP contribution in [0.3, 0.4) is 0 Å². The highest BCUT2D eigenvalue weighted by molar-refractivity contribution is 7.92. The Balaban J connectivity index is 1.90. The number of aryl methyl sites for hydroxylation is 2. The van der Waals surface area contributed by atoms with Gasteiger partial charge in [-0.25, -0.2) is 8.42 Å². The summed E-state index contributed by atoms with van der Waals surface area (Å²) in [6.07, 6.45) is 0. The van der Waals surface area contributed by atoms with Crippen molar-refractivity contribution in [2.75, 3.05) is 10.0 Å². The lowest BCUT2D eigenvalue weighted by Crippen LogP contribution is -2.18. The smallest absolute Gasteiger partial charge is 0.261 e. The number of nitrogens with one attached hydrogen (secondary N) is 2. The summed E-state index contributed by atoms with van der Waals surface area (Å²) in [5.74, 6) is -0.282. The van der Waals surface area contributed by atoms with E-state index in [1.54, 1.807) is 43.3 Å². The maximum atomic E-state index is 12.8. The van der Waals surface area contributed by atoms with Crippen molar-refractivity contribution >= 4 is 27.3 Å². The predicted molar refractivity (Wildman–Crippen MR) is 112 cm³/mol. The number of hydrogen-bond donors (Lipinski definition) is 2. The number of sulfonamides is 1. The fourth-order valence-electron chi connectivity index (χ4n) is 2.99. The summed E-state index contributed by atoms with van der Waals surface area (Å²) >= 11 is 0. The summed E-state index contributed by atoms with van der Waals surface area (Å²) in [4.78, 5) is 13.0. The van der Waals surface area contributed by atoms with Gasteiger partial charge >= 0.3 is 0 Å². The Morgan fingerprint density at radius 1 is 0.786 bits per heavy atom. The van der Waals surface area contributed by atoms with Crippen LogP contribution in [0, 0.1) is 20.8 Å². The van der Waals surface area contributed by atoms with E-state index >= 15 is 0 Å². The zero-order chi connectivity index (χ0) is 20.3. The standard InChI is InChI=1S/C22H22N2O3S/c1-15-9-7-10-16(2)21(15)23-22(25)19-13-8-14-20(17(19)3)24-28(26,27)18-11-5-4-6-12-18/h4-14,24H,1-3H3,(H,23,25). The number of carbonyl (C=O) groups is 1. The number of benzene rings is 3. The Kier molecular flexibility index (Phi) is 5.51. The first kappa shape index (κ1) is 19.6. The van der Waals surface area contributed by atoms with Crippen molar-refractivity contribution < 1.29 is 13.2 Å². The number of para-hydroxylation sites is 1. The monoisotopic (exact) mass is 394 g/mol. The Morgan fingerprint density at radius 2 is 1.39 bits per heavy atom. The molecule has 2 N–H and O–H groups in total. The molecule has 0 spiro atoms. The third kappa shape index (κ3) is 4.07. The van der Waals surface area contributed by atoms with Crippen LogP contribution in [0.2, 0.25) is 0 Å². The molecule has 6 heteroatoms. The summed E-state index contributed by atoms with van der Waals surface area (Å²) in [6, 6.07) is 18.9. The minimum atomic E-state index is -3.73. The number of anilines is 2. The van der Waals surface area contributed by atoms with Gasteiger partial charge in [-0.3, -0.25) is 9.52 Å². The zero-order valence-electron chi connectivity index (χ0n) is 16.0. The van der Waals surface area contributed by atoms with Gasteiger partial charge in [-0.15, -0.1) is 0 Å². The summed E-state index contributed by atoms with van der Waals surface area (Å²) in [6.45, 7) is 5.59. The molecule has 144 valence electrons. The molecule has 3 aromatic rings. The predicted octanol–water partition coefficient (Wildman–Crippen LogP) is 4.66. The SMILES string of the molecule is Cc1cccc(C)c1NC(=O)c1cccc(NS(=O)(=O)c2ccccc2)c1C. The molecule has 0 unspecified atom stereocenters. The first-order valence-electron chi connectivity index (χ1n) is 8.84. The van der Waals surface area contributed by atoms with Gasteiger partial charge in [0.2, 0.25) is 0 Å². The fourth-order valence-corrected chi connectivity index (χ4v) is 4.13. The molecule has 1 amide bonds. The molecule has 0 saturated heterocycles. The summed E-state index contributed by atoms with van der Waals surface area (Å²) in [5.41, 5.74) is 4.04. The second-order valence-electron chi connectivity index (χ2n) is 6.62. The third-order valence-electron chi connectivity index (χ3n) is 4.60. The first-order chi connectivity index (χ1) is 13.3. The maximum absolute atomic E-state index is 12.8. The minimum absolute atomic E-state index is 0.166. The van der Waals surface area contributed by atoms with Crippen LogP contribution in [0.15, 0.2) is 71.6 Å². The van der Waals surface area contributed by atoms with Gasteiger partial charge < -0.3 is 5.32 Å². The zero-order valence-corrected chi connectivity index (χ0v) is 16.8. The summed E-state index contributed by atoms with van der Waals surface area (Å²) in [7, 11) is -3.73. The molecule has 3 aromatic carbocycles. The van der Waals surface area contributed by atoms with Crippen LogP contribution in [0.5, 0.6) is 0 Å². The Labute approximate surface area is 165 Å². The van der Waals surface area contributed by atoms with Gasteiger partial charge in [0.25, 0.3) is 15.9 Å². The molecule has 28 heavy (non-hydrogen) atoms. The number of hydrogen-bond acceptors (Lipinski definition) is 3. The molecular weight excluding hydrogens is 372 g/mol. The van der Waals surface area contributed by atoms with Crippen LogP contribution in [0.4, 0.5) is 11.4 Å². The Hall–Kier alpha value is -3.12. The lowest BCUT2D eigenvalue weighted by Gasteiger charge is -2.15. The van der Waals surface area contributed by atoms with Gasteiger partial charge in [0.1, 0.15) is 0 Å². The molecule has 0 radical (unpaired) electrons. The van der Waals surface area contributed by atoms with Crippen molar-refractivity contribution in [3.63, 3.8) is 0 Å². The minimum Gasteiger partial charge on any atom is -0.321 e. The van der Waals surface area contributed by atoms with Crippen LogP contribution in [0.25, 0.3) is 0 Å². The normalized spacial score (nSPS) is 11.1. The van der Waals surface area contributed by atoms with E-state index in [1.807, 2.05) is 32.0 Å². The highest BCUT2D eigenvalue weighted by Crippen LogP contribution is 2.25. The van der Waals surface area contributed by atoms with E-state index in [9.17, 15) is 13.2 Å². The average molecular weight is 394 g/mol. The largest absolute Gasteiger partial charge is 0.321 e. The van der Waals surface area contributed by atoms with Crippen molar-refractivity contribution in [1.29, 1.82) is 0 Å². The fraction of sp³-hybridized carbons (Fsp3) is 0.136. The van der Waals surface area contributed by atoms with Crippen LogP contribution < -0.4 is 10.0 Å². The Morgan fingerprint density at radius 3 is 2.04 bits per heavy atom. The lowest BCUT2D eigenvalue weighted by atomic mass is 10.0.